The summed E-state index contributed by atoms with van der Waals surface area (Å²) >= 11 is 0. The number of carbonyl (C=O) groups excluding carboxylic acids is 1. The van der Waals surface area contributed by atoms with Crippen molar-refractivity contribution in [1.82, 2.24) is 0 Å². The highest BCUT2D eigenvalue weighted by Gasteiger charge is 2.24. The molecule has 0 aliphatic carbocycles. The number of ether oxygens (including phenoxy) is 1. The average molecular weight is 264 g/mol. The van der Waals surface area contributed by atoms with E-state index in [1.165, 1.54) is 0 Å². The Morgan fingerprint density at radius 1 is 1.32 bits per heavy atom. The van der Waals surface area contributed by atoms with Gasteiger partial charge in [-0.05, 0) is 24.1 Å². The van der Waals surface area contributed by atoms with E-state index in [0.29, 0.717) is 5.56 Å². The van der Waals surface area contributed by atoms with Crippen LogP contribution in [0.4, 0.5) is 0 Å². The number of hydrogen-bond donors (Lipinski definition) is 2. The molecule has 0 unspecified atom stereocenters. The Morgan fingerprint density at radius 2 is 1.89 bits per heavy atom. The molecule has 0 bridgehead atoms. The van der Waals surface area contributed by atoms with E-state index in [0.717, 1.165) is 12.0 Å². The predicted molar refractivity (Wildman–Crippen MR) is 72.9 cm³/mol. The lowest BCUT2D eigenvalue weighted by Crippen LogP contribution is -2.32. The molecule has 0 aliphatic rings. The maximum atomic E-state index is 11.8. The van der Waals surface area contributed by atoms with Gasteiger partial charge in [0.1, 0.15) is 6.61 Å². The molecular weight excluding hydrogens is 244 g/mol. The summed E-state index contributed by atoms with van der Waals surface area (Å²) in [6.07, 6.45) is 2.55. The monoisotopic (exact) mass is 264 g/mol. The molecule has 1 aromatic carbocycles. The predicted octanol–water partition coefficient (Wildman–Crippen LogP) is 1.56. The summed E-state index contributed by atoms with van der Waals surface area (Å²) in [4.78, 5) is 11.8. The fourth-order valence-electron chi connectivity index (χ4n) is 1.41. The molecule has 2 N–H and O–H groups in total. The third-order valence-corrected chi connectivity index (χ3v) is 2.88. The molecule has 4 heteroatoms. The highest BCUT2D eigenvalue weighted by atomic mass is 16.5. The van der Waals surface area contributed by atoms with Gasteiger partial charge in [-0.1, -0.05) is 25.1 Å². The Balaban J connectivity index is 2.60. The molecule has 0 aromatic heterocycles. The van der Waals surface area contributed by atoms with Crippen molar-refractivity contribution < 1.29 is 19.7 Å². The summed E-state index contributed by atoms with van der Waals surface area (Å²) in [7, 11) is 0. The van der Waals surface area contributed by atoms with Crippen LogP contribution in [-0.2, 0) is 11.2 Å². The fraction of sp³-hybridized carbons (Fsp3) is 0.400. The number of esters is 1. The first-order valence-electron chi connectivity index (χ1n) is 6.13. The number of allylic oxidation sites excluding steroid dienone is 1. The summed E-state index contributed by atoms with van der Waals surface area (Å²) in [5.41, 5.74) is 0.714. The number of aliphatic hydroxyl groups is 2. The number of carbonyl (C=O) groups is 1. The van der Waals surface area contributed by atoms with Gasteiger partial charge in [-0.2, -0.15) is 0 Å². The smallest absolute Gasteiger partial charge is 0.338 e. The second kappa shape index (κ2) is 7.07. The molecule has 0 heterocycles. The van der Waals surface area contributed by atoms with Crippen LogP contribution in [0.3, 0.4) is 0 Å². The minimum atomic E-state index is -0.807. The van der Waals surface area contributed by atoms with E-state index in [2.05, 4.69) is 6.58 Å². The van der Waals surface area contributed by atoms with Crippen molar-refractivity contribution in [3.8, 4) is 0 Å². The van der Waals surface area contributed by atoms with Crippen molar-refractivity contribution in [2.45, 2.75) is 13.3 Å². The van der Waals surface area contributed by atoms with E-state index in [9.17, 15) is 4.79 Å². The topological polar surface area (TPSA) is 66.8 Å². The molecule has 0 amide bonds. The molecule has 0 spiro atoms. The lowest BCUT2D eigenvalue weighted by atomic mass is 9.94. The Hall–Kier alpha value is -1.65. The van der Waals surface area contributed by atoms with E-state index in [4.69, 9.17) is 14.9 Å². The Bertz CT molecular complexity index is 418. The second-order valence-electron chi connectivity index (χ2n) is 4.89. The summed E-state index contributed by atoms with van der Waals surface area (Å²) < 4.78 is 5.10. The molecule has 1 rings (SSSR count). The van der Waals surface area contributed by atoms with Crippen LogP contribution >= 0.6 is 0 Å². The SMILES string of the molecule is C=CCc1ccc(C(=O)OCC(C)(CO)CO)cc1. The Labute approximate surface area is 113 Å². The minimum Gasteiger partial charge on any atom is -0.461 e. The zero-order valence-corrected chi connectivity index (χ0v) is 11.1. The third kappa shape index (κ3) is 4.50. The highest BCUT2D eigenvalue weighted by Crippen LogP contribution is 2.16. The van der Waals surface area contributed by atoms with Crippen molar-refractivity contribution in [2.24, 2.45) is 5.41 Å². The second-order valence-corrected chi connectivity index (χ2v) is 4.89. The van der Waals surface area contributed by atoms with Gasteiger partial charge in [-0.3, -0.25) is 0 Å². The number of benzene rings is 1. The highest BCUT2D eigenvalue weighted by molar-refractivity contribution is 5.89. The van der Waals surface area contributed by atoms with E-state index in [1.54, 1.807) is 25.1 Å². The molecule has 0 radical (unpaired) electrons. The van der Waals surface area contributed by atoms with Crippen LogP contribution < -0.4 is 0 Å². The quantitative estimate of drug-likeness (QED) is 0.579. The minimum absolute atomic E-state index is 0.0206. The standard InChI is InChI=1S/C15H20O4/c1-3-4-12-5-7-13(8-6-12)14(18)19-11-15(2,9-16)10-17/h3,5-8,16-17H,1,4,9-11H2,2H3. The number of aliphatic hydroxyl groups excluding tert-OH is 2. The maximum Gasteiger partial charge on any atom is 0.338 e. The maximum absolute atomic E-state index is 11.8. The van der Waals surface area contributed by atoms with Gasteiger partial charge in [0.2, 0.25) is 0 Å². The fourth-order valence-corrected chi connectivity index (χ4v) is 1.41. The van der Waals surface area contributed by atoms with Gasteiger partial charge in [0.25, 0.3) is 0 Å². The largest absolute Gasteiger partial charge is 0.461 e. The number of hydrogen-bond acceptors (Lipinski definition) is 4. The lowest BCUT2D eigenvalue weighted by Gasteiger charge is -2.23. The summed E-state index contributed by atoms with van der Waals surface area (Å²) in [5, 5.41) is 18.2. The van der Waals surface area contributed by atoms with E-state index < -0.39 is 11.4 Å². The van der Waals surface area contributed by atoms with Crippen molar-refractivity contribution >= 4 is 5.97 Å². The molecule has 104 valence electrons. The first-order chi connectivity index (χ1) is 9.04. The first kappa shape index (κ1) is 15.4. The number of rotatable bonds is 7. The van der Waals surface area contributed by atoms with Gasteiger partial charge in [-0.25, -0.2) is 4.79 Å². The first-order valence-corrected chi connectivity index (χ1v) is 6.13. The van der Waals surface area contributed by atoms with Crippen LogP contribution in [-0.4, -0.2) is 36.0 Å². The van der Waals surface area contributed by atoms with E-state index in [1.807, 2.05) is 12.1 Å². The molecule has 19 heavy (non-hydrogen) atoms. The van der Waals surface area contributed by atoms with Crippen LogP contribution in [0, 0.1) is 5.41 Å². The Kier molecular flexibility index (Phi) is 5.73. The molecule has 0 saturated carbocycles. The van der Waals surface area contributed by atoms with Crippen LogP contribution in [0.2, 0.25) is 0 Å². The normalized spacial score (nSPS) is 11.1. The van der Waals surface area contributed by atoms with E-state index in [-0.39, 0.29) is 19.8 Å². The third-order valence-electron chi connectivity index (χ3n) is 2.88. The Morgan fingerprint density at radius 3 is 2.37 bits per heavy atom. The zero-order chi connectivity index (χ0) is 14.3. The van der Waals surface area contributed by atoms with Gasteiger partial charge in [0, 0.05) is 5.41 Å². The van der Waals surface area contributed by atoms with Gasteiger partial charge in [-0.15, -0.1) is 6.58 Å². The molecule has 0 saturated heterocycles. The van der Waals surface area contributed by atoms with Crippen molar-refractivity contribution in [3.05, 3.63) is 48.0 Å². The van der Waals surface area contributed by atoms with Gasteiger partial charge in [0.15, 0.2) is 0 Å². The molecule has 0 fully saturated rings. The van der Waals surface area contributed by atoms with Crippen molar-refractivity contribution in [3.63, 3.8) is 0 Å². The van der Waals surface area contributed by atoms with Crippen LogP contribution in [0.5, 0.6) is 0 Å². The zero-order valence-electron chi connectivity index (χ0n) is 11.1. The van der Waals surface area contributed by atoms with Crippen LogP contribution in [0.25, 0.3) is 0 Å². The van der Waals surface area contributed by atoms with Gasteiger partial charge < -0.3 is 14.9 Å². The summed E-state index contributed by atoms with van der Waals surface area (Å²) in [6.45, 7) is 4.79. The summed E-state index contributed by atoms with van der Waals surface area (Å²) in [6, 6.07) is 7.07. The van der Waals surface area contributed by atoms with Crippen LogP contribution in [0.15, 0.2) is 36.9 Å². The lowest BCUT2D eigenvalue weighted by molar-refractivity contribution is -0.00627. The van der Waals surface area contributed by atoms with Gasteiger partial charge >= 0.3 is 5.97 Å². The van der Waals surface area contributed by atoms with Crippen molar-refractivity contribution in [2.75, 3.05) is 19.8 Å². The molecule has 1 aromatic rings. The molecular formula is C15H20O4. The molecule has 0 aliphatic heterocycles. The molecule has 0 atom stereocenters. The van der Waals surface area contributed by atoms with Crippen molar-refractivity contribution in [1.29, 1.82) is 0 Å². The summed E-state index contributed by atoms with van der Waals surface area (Å²) in [5.74, 6) is -0.460. The molecule has 4 nitrogen and oxygen atoms in total. The van der Waals surface area contributed by atoms with Gasteiger partial charge in [0.05, 0.1) is 18.8 Å². The average Bonchev–Trinajstić information content (AvgIpc) is 2.45. The van der Waals surface area contributed by atoms with Crippen LogP contribution in [0.1, 0.15) is 22.8 Å². The van der Waals surface area contributed by atoms with E-state index >= 15 is 0 Å².